The second-order valence-corrected chi connectivity index (χ2v) is 7.50. The molecule has 2 aromatic carbocycles. The van der Waals surface area contributed by atoms with Crippen LogP contribution in [0.4, 0.5) is 27.5 Å². The molecule has 7 nitrogen and oxygen atoms in total. The van der Waals surface area contributed by atoms with Gasteiger partial charge in [-0.1, -0.05) is 26.0 Å². The molecule has 0 bridgehead atoms. The summed E-state index contributed by atoms with van der Waals surface area (Å²) in [5.74, 6) is 1.33. The van der Waals surface area contributed by atoms with E-state index in [4.69, 9.17) is 4.74 Å². The zero-order valence-electron chi connectivity index (χ0n) is 19.1. The Morgan fingerprint density at radius 1 is 1.03 bits per heavy atom. The average molecular weight is 447 g/mol. The SMILES string of the molecule is CC.CC(C)Oc1nc(Nc2ccc3nccc(-c4cccc(F)c4)c3c2)nc2c1NCN2. The van der Waals surface area contributed by atoms with E-state index in [0.717, 1.165) is 33.4 Å². The summed E-state index contributed by atoms with van der Waals surface area (Å²) in [6.45, 7) is 8.48. The second kappa shape index (κ2) is 9.68. The normalized spacial score (nSPS) is 11.8. The van der Waals surface area contributed by atoms with Crippen molar-refractivity contribution in [2.24, 2.45) is 0 Å². The number of fused-ring (bicyclic) bond motifs is 2. The highest BCUT2D eigenvalue weighted by Crippen LogP contribution is 2.36. The molecule has 0 fully saturated rings. The predicted octanol–water partition coefficient (Wildman–Crippen LogP) is 6.18. The summed E-state index contributed by atoms with van der Waals surface area (Å²) in [5, 5.41) is 10.5. The number of nitrogens with zero attached hydrogens (tertiary/aromatic N) is 3. The molecule has 1 aliphatic heterocycles. The lowest BCUT2D eigenvalue weighted by Gasteiger charge is -2.14. The maximum absolute atomic E-state index is 13.8. The molecule has 8 heteroatoms. The monoisotopic (exact) mass is 446 g/mol. The Morgan fingerprint density at radius 2 is 1.88 bits per heavy atom. The molecule has 0 aliphatic carbocycles. The molecule has 3 N–H and O–H groups in total. The number of hydrogen-bond acceptors (Lipinski definition) is 7. The number of benzene rings is 2. The lowest BCUT2D eigenvalue weighted by atomic mass is 10.0. The van der Waals surface area contributed by atoms with Crippen molar-refractivity contribution in [3.8, 4) is 17.0 Å². The van der Waals surface area contributed by atoms with Crippen molar-refractivity contribution in [1.82, 2.24) is 15.0 Å². The van der Waals surface area contributed by atoms with Gasteiger partial charge in [0.2, 0.25) is 11.8 Å². The number of hydrogen-bond donors (Lipinski definition) is 3. The van der Waals surface area contributed by atoms with E-state index in [-0.39, 0.29) is 11.9 Å². The number of rotatable bonds is 5. The van der Waals surface area contributed by atoms with E-state index in [0.29, 0.717) is 24.3 Å². The minimum atomic E-state index is -0.276. The number of ether oxygens (including phenoxy) is 1. The van der Waals surface area contributed by atoms with E-state index in [1.807, 2.05) is 58.0 Å². The second-order valence-electron chi connectivity index (χ2n) is 7.50. The molecule has 0 saturated carbocycles. The lowest BCUT2D eigenvalue weighted by Crippen LogP contribution is -2.10. The quantitative estimate of drug-likeness (QED) is 0.337. The van der Waals surface area contributed by atoms with Crippen molar-refractivity contribution in [2.75, 3.05) is 22.6 Å². The van der Waals surface area contributed by atoms with Gasteiger partial charge < -0.3 is 20.7 Å². The van der Waals surface area contributed by atoms with Crippen LogP contribution in [0.25, 0.3) is 22.0 Å². The molecule has 5 rings (SSSR count). The molecule has 2 aromatic heterocycles. The Morgan fingerprint density at radius 3 is 2.67 bits per heavy atom. The van der Waals surface area contributed by atoms with Crippen LogP contribution < -0.4 is 20.7 Å². The summed E-state index contributed by atoms with van der Waals surface area (Å²) in [4.78, 5) is 13.5. The van der Waals surface area contributed by atoms with E-state index in [1.165, 1.54) is 12.1 Å². The minimum Gasteiger partial charge on any atom is -0.473 e. The van der Waals surface area contributed by atoms with Crippen LogP contribution in [-0.2, 0) is 0 Å². The van der Waals surface area contributed by atoms with Crippen molar-refractivity contribution in [3.05, 3.63) is 60.5 Å². The van der Waals surface area contributed by atoms with Crippen LogP contribution in [0.5, 0.6) is 5.88 Å². The molecular formula is C25H27FN6O. The molecule has 0 amide bonds. The first-order valence-electron chi connectivity index (χ1n) is 11.0. The van der Waals surface area contributed by atoms with E-state index < -0.39 is 0 Å². The van der Waals surface area contributed by atoms with Gasteiger partial charge in [-0.2, -0.15) is 9.97 Å². The van der Waals surface area contributed by atoms with Crippen molar-refractivity contribution in [3.63, 3.8) is 0 Å². The number of aromatic nitrogens is 3. The summed E-state index contributed by atoms with van der Waals surface area (Å²) < 4.78 is 19.6. The molecule has 1 aliphatic rings. The fraction of sp³-hybridized carbons (Fsp3) is 0.240. The van der Waals surface area contributed by atoms with Crippen LogP contribution in [0.3, 0.4) is 0 Å². The zero-order valence-corrected chi connectivity index (χ0v) is 19.1. The lowest BCUT2D eigenvalue weighted by molar-refractivity contribution is 0.234. The van der Waals surface area contributed by atoms with Gasteiger partial charge in [-0.05, 0) is 61.4 Å². The van der Waals surface area contributed by atoms with Gasteiger partial charge in [0.25, 0.3) is 0 Å². The summed E-state index contributed by atoms with van der Waals surface area (Å²) in [5.41, 5.74) is 4.06. The van der Waals surface area contributed by atoms with E-state index in [2.05, 4.69) is 30.9 Å². The largest absolute Gasteiger partial charge is 0.473 e. The molecule has 0 radical (unpaired) electrons. The Bertz CT molecular complexity index is 1280. The summed E-state index contributed by atoms with van der Waals surface area (Å²) in [6.07, 6.45) is 1.71. The summed E-state index contributed by atoms with van der Waals surface area (Å²) in [7, 11) is 0. The number of nitrogens with one attached hydrogen (secondary N) is 3. The van der Waals surface area contributed by atoms with Crippen LogP contribution in [0.15, 0.2) is 54.7 Å². The van der Waals surface area contributed by atoms with Crippen molar-refractivity contribution in [1.29, 1.82) is 0 Å². The summed E-state index contributed by atoms with van der Waals surface area (Å²) in [6, 6.07) is 14.2. The molecule has 0 atom stereocenters. The highest BCUT2D eigenvalue weighted by molar-refractivity contribution is 5.96. The Labute approximate surface area is 192 Å². The van der Waals surface area contributed by atoms with Gasteiger partial charge in [-0.15, -0.1) is 0 Å². The first kappa shape index (κ1) is 22.3. The van der Waals surface area contributed by atoms with Crippen molar-refractivity contribution in [2.45, 2.75) is 33.8 Å². The maximum atomic E-state index is 13.8. The third-order valence-corrected chi connectivity index (χ3v) is 4.88. The average Bonchev–Trinajstić information content (AvgIpc) is 3.29. The third-order valence-electron chi connectivity index (χ3n) is 4.88. The van der Waals surface area contributed by atoms with Gasteiger partial charge in [0.15, 0.2) is 5.82 Å². The van der Waals surface area contributed by atoms with Crippen LogP contribution in [0.1, 0.15) is 27.7 Å². The van der Waals surface area contributed by atoms with Gasteiger partial charge in [-0.3, -0.25) is 4.98 Å². The van der Waals surface area contributed by atoms with Gasteiger partial charge in [0, 0.05) is 17.3 Å². The number of pyridine rings is 1. The fourth-order valence-corrected chi connectivity index (χ4v) is 3.57. The van der Waals surface area contributed by atoms with Crippen LogP contribution in [0.2, 0.25) is 0 Å². The molecule has 0 spiro atoms. The Kier molecular flexibility index (Phi) is 6.53. The van der Waals surface area contributed by atoms with Crippen molar-refractivity contribution < 1.29 is 9.13 Å². The van der Waals surface area contributed by atoms with Crippen LogP contribution in [-0.4, -0.2) is 27.7 Å². The predicted molar refractivity (Wildman–Crippen MR) is 132 cm³/mol. The molecule has 170 valence electrons. The van der Waals surface area contributed by atoms with Crippen molar-refractivity contribution >= 4 is 34.0 Å². The zero-order chi connectivity index (χ0) is 23.4. The minimum absolute atomic E-state index is 0.0187. The van der Waals surface area contributed by atoms with Gasteiger partial charge in [0.05, 0.1) is 18.3 Å². The summed E-state index contributed by atoms with van der Waals surface area (Å²) >= 11 is 0. The molecule has 0 saturated heterocycles. The smallest absolute Gasteiger partial charge is 0.244 e. The Hall–Kier alpha value is -3.94. The van der Waals surface area contributed by atoms with Crippen LogP contribution in [0, 0.1) is 5.82 Å². The number of anilines is 4. The van der Waals surface area contributed by atoms with E-state index in [9.17, 15) is 4.39 Å². The van der Waals surface area contributed by atoms with Gasteiger partial charge >= 0.3 is 0 Å². The van der Waals surface area contributed by atoms with E-state index in [1.54, 1.807) is 12.3 Å². The highest BCUT2D eigenvalue weighted by atomic mass is 19.1. The van der Waals surface area contributed by atoms with Gasteiger partial charge in [-0.25, -0.2) is 4.39 Å². The standard InChI is InChI=1S/C23H21FN6O.C2H6/c1-13(2)31-22-20-21(27-12-26-20)29-23(30-22)28-16-6-7-19-18(11-16)17(8-9-25-19)14-4-3-5-15(24)10-14;1-2/h3-11,13,26H,12H2,1-2H3,(H2,27,28,29,30);1-2H3. The highest BCUT2D eigenvalue weighted by Gasteiger charge is 2.21. The first-order chi connectivity index (χ1) is 16.1. The molecular weight excluding hydrogens is 419 g/mol. The van der Waals surface area contributed by atoms with Gasteiger partial charge in [0.1, 0.15) is 11.5 Å². The molecule has 33 heavy (non-hydrogen) atoms. The molecule has 3 heterocycles. The van der Waals surface area contributed by atoms with E-state index >= 15 is 0 Å². The Balaban J connectivity index is 0.00000126. The molecule has 4 aromatic rings. The molecule has 0 unspecified atom stereocenters. The fourth-order valence-electron chi connectivity index (χ4n) is 3.57. The maximum Gasteiger partial charge on any atom is 0.244 e. The third kappa shape index (κ3) is 4.79. The topological polar surface area (TPSA) is 84.0 Å². The van der Waals surface area contributed by atoms with Crippen LogP contribution >= 0.6 is 0 Å². The number of halogens is 1. The first-order valence-corrected chi connectivity index (χ1v) is 11.0.